The molecule has 3 aromatic rings. The minimum atomic E-state index is -0.316. The van der Waals surface area contributed by atoms with Gasteiger partial charge in [0.2, 0.25) is 12.7 Å². The lowest BCUT2D eigenvalue weighted by Crippen LogP contribution is -2.22. The number of thioether (sulfide) groups is 1. The normalized spacial score (nSPS) is 13.6. The van der Waals surface area contributed by atoms with Crippen LogP contribution in [-0.2, 0) is 4.79 Å². The zero-order valence-electron chi connectivity index (χ0n) is 13.4. The number of ether oxygens (including phenoxy) is 2. The number of amides is 1. The molecule has 4 rings (SSSR count). The molecule has 126 valence electrons. The molecule has 0 saturated carbocycles. The number of para-hydroxylation sites is 1. The van der Waals surface area contributed by atoms with Crippen LogP contribution in [0.25, 0.3) is 10.9 Å². The first-order valence-electron chi connectivity index (χ1n) is 7.77. The van der Waals surface area contributed by atoms with E-state index in [-0.39, 0.29) is 18.0 Å². The molecule has 6 nitrogen and oxygen atoms in total. The molecule has 0 saturated heterocycles. The average Bonchev–Trinajstić information content (AvgIpc) is 3.10. The highest BCUT2D eigenvalue weighted by molar-refractivity contribution is 8.00. The van der Waals surface area contributed by atoms with Gasteiger partial charge in [-0.3, -0.25) is 4.79 Å². The molecule has 1 aliphatic rings. The van der Waals surface area contributed by atoms with Crippen LogP contribution in [0.1, 0.15) is 6.92 Å². The molecule has 1 N–H and O–H groups in total. The van der Waals surface area contributed by atoms with Gasteiger partial charge in [0.1, 0.15) is 11.4 Å². The van der Waals surface area contributed by atoms with E-state index in [1.54, 1.807) is 18.2 Å². The van der Waals surface area contributed by atoms with Crippen LogP contribution in [0.2, 0.25) is 0 Å². The van der Waals surface area contributed by atoms with Gasteiger partial charge in [0.25, 0.3) is 0 Å². The Morgan fingerprint density at radius 3 is 2.92 bits per heavy atom. The molecule has 0 bridgehead atoms. The fourth-order valence-corrected chi connectivity index (χ4v) is 3.42. The number of anilines is 1. The summed E-state index contributed by atoms with van der Waals surface area (Å²) in [4.78, 5) is 21.1. The molecule has 2 aromatic carbocycles. The quantitative estimate of drug-likeness (QED) is 0.572. The van der Waals surface area contributed by atoms with Gasteiger partial charge in [-0.05, 0) is 25.1 Å². The van der Waals surface area contributed by atoms with Crippen molar-refractivity contribution >= 4 is 34.3 Å². The zero-order valence-corrected chi connectivity index (χ0v) is 14.2. The van der Waals surface area contributed by atoms with E-state index in [2.05, 4.69) is 15.3 Å². The van der Waals surface area contributed by atoms with E-state index in [1.165, 1.54) is 18.1 Å². The molecule has 1 amide bonds. The molecule has 1 aliphatic heterocycles. The van der Waals surface area contributed by atoms with Crippen LogP contribution in [0, 0.1) is 0 Å². The fraction of sp³-hybridized carbons (Fsp3) is 0.167. The van der Waals surface area contributed by atoms with Crippen LogP contribution in [-0.4, -0.2) is 27.9 Å². The third-order valence-corrected chi connectivity index (χ3v) is 4.92. The molecular weight excluding hydrogens is 338 g/mol. The van der Waals surface area contributed by atoms with Crippen molar-refractivity contribution in [1.29, 1.82) is 0 Å². The van der Waals surface area contributed by atoms with Gasteiger partial charge >= 0.3 is 0 Å². The summed E-state index contributed by atoms with van der Waals surface area (Å²) in [5.41, 5.74) is 1.54. The van der Waals surface area contributed by atoms with E-state index >= 15 is 0 Å². The van der Waals surface area contributed by atoms with Crippen molar-refractivity contribution in [2.45, 2.75) is 17.2 Å². The molecule has 1 atom stereocenters. The molecule has 0 spiro atoms. The highest BCUT2D eigenvalue weighted by Crippen LogP contribution is 2.34. The van der Waals surface area contributed by atoms with Gasteiger partial charge in [-0.15, -0.1) is 0 Å². The van der Waals surface area contributed by atoms with Gasteiger partial charge in [0.15, 0.2) is 11.5 Å². The van der Waals surface area contributed by atoms with Gasteiger partial charge in [0.05, 0.1) is 10.8 Å². The average molecular weight is 353 g/mol. The first-order chi connectivity index (χ1) is 12.2. The highest BCUT2D eigenvalue weighted by Gasteiger charge is 2.19. The number of carbonyl (C=O) groups excluding carboxylic acids is 1. The Morgan fingerprint density at radius 2 is 2.00 bits per heavy atom. The first kappa shape index (κ1) is 15.7. The Bertz CT molecular complexity index is 943. The molecule has 7 heteroatoms. The van der Waals surface area contributed by atoms with Crippen molar-refractivity contribution in [3.8, 4) is 11.5 Å². The van der Waals surface area contributed by atoms with Crippen molar-refractivity contribution in [3.63, 3.8) is 0 Å². The standard InChI is InChI=1S/C18H15N3O3S/c1-11(25-18-13-4-2-3-5-14(13)19-9-20-18)17(22)21-12-6-7-15-16(8-12)24-10-23-15/h2-9,11H,10H2,1H3,(H,21,22)/t11-/m1/s1. The van der Waals surface area contributed by atoms with Crippen LogP contribution in [0.3, 0.4) is 0 Å². The van der Waals surface area contributed by atoms with Crippen molar-refractivity contribution in [3.05, 3.63) is 48.8 Å². The van der Waals surface area contributed by atoms with Crippen molar-refractivity contribution in [1.82, 2.24) is 9.97 Å². The topological polar surface area (TPSA) is 73.3 Å². The maximum atomic E-state index is 12.5. The smallest absolute Gasteiger partial charge is 0.237 e. The second kappa shape index (κ2) is 6.60. The molecule has 0 radical (unpaired) electrons. The second-order valence-corrected chi connectivity index (χ2v) is 6.84. The van der Waals surface area contributed by atoms with Gasteiger partial charge in [-0.1, -0.05) is 30.0 Å². The maximum Gasteiger partial charge on any atom is 0.237 e. The Balaban J connectivity index is 1.48. The molecule has 25 heavy (non-hydrogen) atoms. The van der Waals surface area contributed by atoms with Crippen molar-refractivity contribution < 1.29 is 14.3 Å². The maximum absolute atomic E-state index is 12.5. The predicted octanol–water partition coefficient (Wildman–Crippen LogP) is 3.48. The summed E-state index contributed by atoms with van der Waals surface area (Å²) in [6.07, 6.45) is 1.52. The summed E-state index contributed by atoms with van der Waals surface area (Å²) in [7, 11) is 0. The Morgan fingerprint density at radius 1 is 1.16 bits per heavy atom. The number of nitrogens with one attached hydrogen (secondary N) is 1. The van der Waals surface area contributed by atoms with E-state index in [1.807, 2.05) is 31.2 Å². The Hall–Kier alpha value is -2.80. The van der Waals surface area contributed by atoms with E-state index in [0.29, 0.717) is 17.2 Å². The first-order valence-corrected chi connectivity index (χ1v) is 8.65. The number of fused-ring (bicyclic) bond motifs is 2. The fourth-order valence-electron chi connectivity index (χ4n) is 2.51. The number of rotatable bonds is 4. The van der Waals surface area contributed by atoms with Crippen LogP contribution in [0.5, 0.6) is 11.5 Å². The third kappa shape index (κ3) is 3.23. The monoisotopic (exact) mass is 353 g/mol. The Labute approximate surface area is 148 Å². The van der Waals surface area contributed by atoms with Gasteiger partial charge in [0, 0.05) is 17.1 Å². The lowest BCUT2D eigenvalue weighted by atomic mass is 10.2. The zero-order chi connectivity index (χ0) is 17.2. The minimum absolute atomic E-state index is 0.105. The molecule has 0 fully saturated rings. The second-order valence-electron chi connectivity index (χ2n) is 5.51. The van der Waals surface area contributed by atoms with Gasteiger partial charge < -0.3 is 14.8 Å². The number of hydrogen-bond donors (Lipinski definition) is 1. The number of hydrogen-bond acceptors (Lipinski definition) is 6. The van der Waals surface area contributed by atoms with Crippen LogP contribution in [0.15, 0.2) is 53.8 Å². The van der Waals surface area contributed by atoms with Gasteiger partial charge in [-0.25, -0.2) is 9.97 Å². The third-order valence-electron chi connectivity index (χ3n) is 3.80. The molecular formula is C18H15N3O3S. The van der Waals surface area contributed by atoms with E-state index < -0.39 is 0 Å². The van der Waals surface area contributed by atoms with E-state index in [9.17, 15) is 4.79 Å². The summed E-state index contributed by atoms with van der Waals surface area (Å²) in [5, 5.41) is 4.32. The van der Waals surface area contributed by atoms with Crippen molar-refractivity contribution in [2.75, 3.05) is 12.1 Å². The summed E-state index contributed by atoms with van der Waals surface area (Å²) in [6.45, 7) is 2.06. The van der Waals surface area contributed by atoms with Crippen LogP contribution >= 0.6 is 11.8 Å². The van der Waals surface area contributed by atoms with Gasteiger partial charge in [-0.2, -0.15) is 0 Å². The summed E-state index contributed by atoms with van der Waals surface area (Å²) < 4.78 is 10.6. The SMILES string of the molecule is C[C@@H](Sc1ncnc2ccccc12)C(=O)Nc1ccc2c(c1)OCO2. The summed E-state index contributed by atoms with van der Waals surface area (Å²) in [5.74, 6) is 1.22. The molecule has 0 unspecified atom stereocenters. The molecule has 0 aliphatic carbocycles. The Kier molecular flexibility index (Phi) is 4.15. The van der Waals surface area contributed by atoms with Crippen molar-refractivity contribution in [2.24, 2.45) is 0 Å². The lowest BCUT2D eigenvalue weighted by molar-refractivity contribution is -0.115. The number of aromatic nitrogens is 2. The largest absolute Gasteiger partial charge is 0.454 e. The van der Waals surface area contributed by atoms with E-state index in [0.717, 1.165) is 15.9 Å². The van der Waals surface area contributed by atoms with E-state index in [4.69, 9.17) is 9.47 Å². The molecule has 2 heterocycles. The lowest BCUT2D eigenvalue weighted by Gasteiger charge is -2.13. The number of benzene rings is 2. The molecule has 1 aromatic heterocycles. The van der Waals surface area contributed by atoms with Crippen LogP contribution in [0.4, 0.5) is 5.69 Å². The highest BCUT2D eigenvalue weighted by atomic mass is 32.2. The van der Waals surface area contributed by atoms with Crippen LogP contribution < -0.4 is 14.8 Å². The minimum Gasteiger partial charge on any atom is -0.454 e. The summed E-state index contributed by atoms with van der Waals surface area (Å²) >= 11 is 1.41. The summed E-state index contributed by atoms with van der Waals surface area (Å²) in [6, 6.07) is 13.1. The number of nitrogens with zero attached hydrogens (tertiary/aromatic N) is 2. The number of carbonyl (C=O) groups is 1. The predicted molar refractivity (Wildman–Crippen MR) is 96.1 cm³/mol.